The molecule has 0 radical (unpaired) electrons. The molecule has 4 rings (SSSR count). The van der Waals surface area contributed by atoms with Gasteiger partial charge in [0.25, 0.3) is 0 Å². The predicted octanol–water partition coefficient (Wildman–Crippen LogP) is 2.35. The van der Waals surface area contributed by atoms with Crippen LogP contribution in [-0.2, 0) is 11.3 Å². The topological polar surface area (TPSA) is 61.4 Å². The van der Waals surface area contributed by atoms with Crippen LogP contribution in [0.2, 0.25) is 5.02 Å². The van der Waals surface area contributed by atoms with Crippen molar-refractivity contribution in [3.8, 4) is 0 Å². The van der Waals surface area contributed by atoms with Gasteiger partial charge in [0.1, 0.15) is 0 Å². The molecule has 0 aliphatic carbocycles. The number of amides is 1. The number of nitrogens with zero attached hydrogens (tertiary/aromatic N) is 4. The van der Waals surface area contributed by atoms with Crippen LogP contribution in [0.3, 0.4) is 0 Å². The molecule has 2 aliphatic rings. The summed E-state index contributed by atoms with van der Waals surface area (Å²) in [4.78, 5) is 26.4. The van der Waals surface area contributed by atoms with Crippen LogP contribution in [0.15, 0.2) is 42.7 Å². The Morgan fingerprint density at radius 3 is 2.89 bits per heavy atom. The first kappa shape index (κ1) is 18.2. The number of halogens is 1. The van der Waals surface area contributed by atoms with Crippen LogP contribution in [0.4, 0.5) is 5.95 Å². The summed E-state index contributed by atoms with van der Waals surface area (Å²) < 4.78 is 0. The van der Waals surface area contributed by atoms with Crippen LogP contribution < -0.4 is 10.2 Å². The number of nitrogens with one attached hydrogen (secondary N) is 1. The van der Waals surface area contributed by atoms with Crippen molar-refractivity contribution < 1.29 is 4.79 Å². The number of fused-ring (bicyclic) bond motifs is 1. The van der Waals surface area contributed by atoms with Crippen molar-refractivity contribution in [1.29, 1.82) is 0 Å². The maximum absolute atomic E-state index is 13.0. The maximum Gasteiger partial charge on any atom is 0.229 e. The molecule has 2 aromatic rings. The molecular formula is C20H24ClN5O. The zero-order valence-corrected chi connectivity index (χ0v) is 16.2. The van der Waals surface area contributed by atoms with Gasteiger partial charge in [-0.25, -0.2) is 9.97 Å². The van der Waals surface area contributed by atoms with E-state index in [9.17, 15) is 4.79 Å². The van der Waals surface area contributed by atoms with Crippen LogP contribution in [-0.4, -0.2) is 53.5 Å². The first-order chi connectivity index (χ1) is 13.1. The quantitative estimate of drug-likeness (QED) is 0.875. The number of carbonyl (C=O) groups is 1. The number of anilines is 1. The normalized spacial score (nSPS) is 25.3. The monoisotopic (exact) mass is 385 g/mol. The first-order valence-corrected chi connectivity index (χ1v) is 9.73. The molecule has 0 saturated carbocycles. The summed E-state index contributed by atoms with van der Waals surface area (Å²) >= 11 is 6.15. The van der Waals surface area contributed by atoms with Gasteiger partial charge in [0.05, 0.1) is 11.5 Å². The van der Waals surface area contributed by atoms with Crippen LogP contribution >= 0.6 is 11.6 Å². The average Bonchev–Trinajstić information content (AvgIpc) is 3.07. The van der Waals surface area contributed by atoms with Gasteiger partial charge >= 0.3 is 0 Å². The standard InChI is InChI=1S/C20H24ClN5O/c1-22-18(27)20-7-3-10-26(19-23-8-4-9-24-19)17(20)13-25(14-20)12-15-5-2-6-16(21)11-15/h2,4-6,8-9,11,17H,3,7,10,12-14H2,1H3,(H,22,27)/t17-,20-/m0/s1. The molecule has 0 bridgehead atoms. The summed E-state index contributed by atoms with van der Waals surface area (Å²) in [6.07, 6.45) is 5.36. The van der Waals surface area contributed by atoms with Crippen molar-refractivity contribution in [3.63, 3.8) is 0 Å². The van der Waals surface area contributed by atoms with Crippen LogP contribution in [0.25, 0.3) is 0 Å². The third kappa shape index (κ3) is 3.39. The van der Waals surface area contributed by atoms with Gasteiger partial charge in [0.2, 0.25) is 11.9 Å². The molecule has 3 heterocycles. The highest BCUT2D eigenvalue weighted by Gasteiger charge is 2.55. The van der Waals surface area contributed by atoms with Crippen LogP contribution in [0.5, 0.6) is 0 Å². The molecule has 2 aliphatic heterocycles. The van der Waals surface area contributed by atoms with E-state index in [4.69, 9.17) is 11.6 Å². The molecule has 6 nitrogen and oxygen atoms in total. The average molecular weight is 386 g/mol. The first-order valence-electron chi connectivity index (χ1n) is 9.35. The van der Waals surface area contributed by atoms with Crippen molar-refractivity contribution in [2.45, 2.75) is 25.4 Å². The van der Waals surface area contributed by atoms with Crippen LogP contribution in [0, 0.1) is 5.41 Å². The lowest BCUT2D eigenvalue weighted by Gasteiger charge is -2.44. The molecule has 27 heavy (non-hydrogen) atoms. The highest BCUT2D eigenvalue weighted by atomic mass is 35.5. The molecule has 1 N–H and O–H groups in total. The molecular weight excluding hydrogens is 362 g/mol. The maximum atomic E-state index is 13.0. The summed E-state index contributed by atoms with van der Waals surface area (Å²) in [6.45, 7) is 3.18. The van der Waals surface area contributed by atoms with Crippen molar-refractivity contribution in [2.24, 2.45) is 5.41 Å². The summed E-state index contributed by atoms with van der Waals surface area (Å²) in [5.74, 6) is 0.821. The zero-order chi connectivity index (χ0) is 18.9. The van der Waals surface area contributed by atoms with Gasteiger partial charge in [-0.15, -0.1) is 0 Å². The number of carbonyl (C=O) groups excluding carboxylic acids is 1. The van der Waals surface area contributed by atoms with E-state index in [0.29, 0.717) is 5.95 Å². The molecule has 1 amide bonds. The zero-order valence-electron chi connectivity index (χ0n) is 15.4. The fourth-order valence-electron chi connectivity index (χ4n) is 4.63. The number of rotatable bonds is 4. The smallest absolute Gasteiger partial charge is 0.229 e. The molecule has 0 unspecified atom stereocenters. The second kappa shape index (κ2) is 7.44. The fourth-order valence-corrected chi connectivity index (χ4v) is 4.84. The van der Waals surface area contributed by atoms with Crippen molar-refractivity contribution in [1.82, 2.24) is 20.2 Å². The third-order valence-electron chi connectivity index (χ3n) is 5.76. The number of piperidine rings is 1. The Morgan fingerprint density at radius 2 is 2.15 bits per heavy atom. The van der Waals surface area contributed by atoms with Gasteiger partial charge in [0, 0.05) is 50.6 Å². The van der Waals surface area contributed by atoms with Gasteiger partial charge < -0.3 is 10.2 Å². The van der Waals surface area contributed by atoms with Crippen molar-refractivity contribution >= 4 is 23.5 Å². The van der Waals surface area contributed by atoms with E-state index in [1.807, 2.05) is 24.3 Å². The Morgan fingerprint density at radius 1 is 1.33 bits per heavy atom. The largest absolute Gasteiger partial charge is 0.359 e. The molecule has 1 aromatic heterocycles. The van der Waals surface area contributed by atoms with Gasteiger partial charge in [0.15, 0.2) is 0 Å². The summed E-state index contributed by atoms with van der Waals surface area (Å²) in [5.41, 5.74) is 0.723. The Bertz CT molecular complexity index is 817. The number of likely N-dealkylation sites (tertiary alicyclic amines) is 1. The predicted molar refractivity (Wildman–Crippen MR) is 106 cm³/mol. The SMILES string of the molecule is CNC(=O)[C@]12CCCN(c3ncccn3)[C@H]1CN(Cc1cccc(Cl)c1)C2. The number of hydrogen-bond acceptors (Lipinski definition) is 5. The van der Waals surface area contributed by atoms with Crippen molar-refractivity contribution in [3.05, 3.63) is 53.3 Å². The van der Waals surface area contributed by atoms with Gasteiger partial charge in [-0.3, -0.25) is 9.69 Å². The highest BCUT2D eigenvalue weighted by molar-refractivity contribution is 6.30. The lowest BCUT2D eigenvalue weighted by Crippen LogP contribution is -2.58. The molecule has 142 valence electrons. The summed E-state index contributed by atoms with van der Waals surface area (Å²) in [5, 5.41) is 3.65. The third-order valence-corrected chi connectivity index (χ3v) is 5.99. The minimum atomic E-state index is -0.440. The second-order valence-electron chi connectivity index (χ2n) is 7.40. The molecule has 7 heteroatoms. The van der Waals surface area contributed by atoms with E-state index in [-0.39, 0.29) is 11.9 Å². The highest BCUT2D eigenvalue weighted by Crippen LogP contribution is 2.43. The fraction of sp³-hybridized carbons (Fsp3) is 0.450. The number of benzene rings is 1. The number of aromatic nitrogens is 2. The Balaban J connectivity index is 1.64. The van der Waals surface area contributed by atoms with E-state index in [0.717, 1.165) is 49.6 Å². The van der Waals surface area contributed by atoms with Crippen molar-refractivity contribution in [2.75, 3.05) is 31.6 Å². The molecule has 2 fully saturated rings. The van der Waals surface area contributed by atoms with E-state index < -0.39 is 5.41 Å². The van der Waals surface area contributed by atoms with Crippen LogP contribution in [0.1, 0.15) is 18.4 Å². The summed E-state index contributed by atoms with van der Waals surface area (Å²) in [6, 6.07) is 9.81. The van der Waals surface area contributed by atoms with Gasteiger partial charge in [-0.05, 0) is 36.6 Å². The van der Waals surface area contributed by atoms with Gasteiger partial charge in [-0.2, -0.15) is 0 Å². The minimum absolute atomic E-state index is 0.0628. The Hall–Kier alpha value is -2.18. The Kier molecular flexibility index (Phi) is 5.02. The van der Waals surface area contributed by atoms with E-state index in [1.165, 1.54) is 0 Å². The lowest BCUT2D eigenvalue weighted by atomic mass is 9.74. The second-order valence-corrected chi connectivity index (χ2v) is 7.83. The molecule has 1 aromatic carbocycles. The lowest BCUT2D eigenvalue weighted by molar-refractivity contribution is -0.131. The summed E-state index contributed by atoms with van der Waals surface area (Å²) in [7, 11) is 1.73. The Labute approximate surface area is 164 Å². The van der Waals surface area contributed by atoms with E-state index >= 15 is 0 Å². The van der Waals surface area contributed by atoms with E-state index in [1.54, 1.807) is 19.4 Å². The minimum Gasteiger partial charge on any atom is -0.359 e. The molecule has 0 spiro atoms. The molecule has 2 atom stereocenters. The number of hydrogen-bond donors (Lipinski definition) is 1. The molecule has 2 saturated heterocycles. The van der Waals surface area contributed by atoms with E-state index in [2.05, 4.69) is 31.2 Å². The van der Waals surface area contributed by atoms with Gasteiger partial charge in [-0.1, -0.05) is 23.7 Å².